The zero-order chi connectivity index (χ0) is 8.72. The third kappa shape index (κ3) is 0.929. The minimum Gasteiger partial charge on any atom is -0.261 e. The fourth-order valence-electron chi connectivity index (χ4n) is 1.02. The van der Waals surface area contributed by atoms with Crippen molar-refractivity contribution in [2.24, 2.45) is 0 Å². The predicted molar refractivity (Wildman–Crippen MR) is 46.3 cm³/mol. The van der Waals surface area contributed by atoms with Crippen molar-refractivity contribution in [3.63, 3.8) is 0 Å². The molecule has 12 heavy (non-hydrogen) atoms. The summed E-state index contributed by atoms with van der Waals surface area (Å²) in [6.45, 7) is 1.61. The van der Waals surface area contributed by atoms with Gasteiger partial charge >= 0.3 is 0 Å². The van der Waals surface area contributed by atoms with Gasteiger partial charge in [0, 0.05) is 0 Å². The van der Waals surface area contributed by atoms with Gasteiger partial charge in [0.1, 0.15) is 0 Å². The van der Waals surface area contributed by atoms with Gasteiger partial charge in [-0.3, -0.25) is 5.10 Å². The van der Waals surface area contributed by atoms with Crippen molar-refractivity contribution < 1.29 is 4.39 Å². The Bertz CT molecular complexity index is 437. The Morgan fingerprint density at radius 2 is 2.33 bits per heavy atom. The number of aromatic amines is 1. The molecular formula is C7H5BrFN3. The smallest absolute Gasteiger partial charge is 0.159 e. The summed E-state index contributed by atoms with van der Waals surface area (Å²) in [7, 11) is 0. The predicted octanol–water partition coefficient (Wildman–Crippen LogP) is 2.17. The molecule has 2 heterocycles. The van der Waals surface area contributed by atoms with Crippen LogP contribution < -0.4 is 0 Å². The van der Waals surface area contributed by atoms with E-state index in [1.165, 1.54) is 6.20 Å². The molecule has 0 fully saturated rings. The zero-order valence-electron chi connectivity index (χ0n) is 6.23. The number of halogens is 2. The standard InChI is InChI=1S/C7H5BrFN3/c1-3-6(9)5(8)4-2-10-12-7(4)11-3/h2H,1H3,(H,10,11,12). The van der Waals surface area contributed by atoms with Gasteiger partial charge in [-0.05, 0) is 22.9 Å². The summed E-state index contributed by atoms with van der Waals surface area (Å²) in [6.07, 6.45) is 1.54. The van der Waals surface area contributed by atoms with Gasteiger partial charge in [0.15, 0.2) is 11.5 Å². The van der Waals surface area contributed by atoms with Gasteiger partial charge in [-0.25, -0.2) is 9.37 Å². The third-order valence-corrected chi connectivity index (χ3v) is 2.42. The number of hydrogen-bond acceptors (Lipinski definition) is 2. The molecule has 0 aliphatic heterocycles. The highest BCUT2D eigenvalue weighted by Gasteiger charge is 2.10. The van der Waals surface area contributed by atoms with Crippen molar-refractivity contribution >= 4 is 27.0 Å². The first-order valence-electron chi connectivity index (χ1n) is 3.35. The summed E-state index contributed by atoms with van der Waals surface area (Å²) >= 11 is 3.14. The molecular weight excluding hydrogens is 225 g/mol. The number of nitrogens with one attached hydrogen (secondary N) is 1. The molecule has 0 bridgehead atoms. The fourth-order valence-corrected chi connectivity index (χ4v) is 1.60. The lowest BCUT2D eigenvalue weighted by molar-refractivity contribution is 0.606. The molecule has 2 aromatic heterocycles. The van der Waals surface area contributed by atoms with Crippen molar-refractivity contribution in [3.8, 4) is 0 Å². The van der Waals surface area contributed by atoms with Crippen molar-refractivity contribution in [2.45, 2.75) is 6.92 Å². The Hall–Kier alpha value is -0.970. The number of hydrogen-bond donors (Lipinski definition) is 1. The van der Waals surface area contributed by atoms with Gasteiger partial charge in [-0.2, -0.15) is 5.10 Å². The second-order valence-corrected chi connectivity index (χ2v) is 3.25. The molecule has 3 nitrogen and oxygen atoms in total. The van der Waals surface area contributed by atoms with Crippen LogP contribution in [0.2, 0.25) is 0 Å². The second kappa shape index (κ2) is 2.52. The van der Waals surface area contributed by atoms with Crippen LogP contribution in [0.5, 0.6) is 0 Å². The Labute approximate surface area is 76.1 Å². The number of aromatic nitrogens is 3. The maximum absolute atomic E-state index is 13.2. The van der Waals surface area contributed by atoms with Gasteiger partial charge in [0.2, 0.25) is 0 Å². The SMILES string of the molecule is Cc1nc2[nH]ncc2c(Br)c1F. The van der Waals surface area contributed by atoms with E-state index >= 15 is 0 Å². The Balaban J connectivity index is 2.94. The normalized spacial score (nSPS) is 10.9. The molecule has 0 amide bonds. The number of pyridine rings is 1. The average Bonchev–Trinajstić information content (AvgIpc) is 2.48. The van der Waals surface area contributed by atoms with Crippen LogP contribution >= 0.6 is 15.9 Å². The van der Waals surface area contributed by atoms with Crippen LogP contribution in [0.15, 0.2) is 10.7 Å². The van der Waals surface area contributed by atoms with Gasteiger partial charge in [-0.1, -0.05) is 0 Å². The quantitative estimate of drug-likeness (QED) is 0.753. The highest BCUT2D eigenvalue weighted by atomic mass is 79.9. The van der Waals surface area contributed by atoms with E-state index in [1.807, 2.05) is 0 Å². The van der Waals surface area contributed by atoms with Crippen LogP contribution in [0.25, 0.3) is 11.0 Å². The van der Waals surface area contributed by atoms with Crippen molar-refractivity contribution in [1.82, 2.24) is 15.2 Å². The third-order valence-electron chi connectivity index (χ3n) is 1.65. The number of rotatable bonds is 0. The molecule has 0 spiro atoms. The first kappa shape index (κ1) is 7.67. The molecule has 62 valence electrons. The molecule has 0 saturated carbocycles. The average molecular weight is 230 g/mol. The summed E-state index contributed by atoms with van der Waals surface area (Å²) < 4.78 is 13.6. The van der Waals surface area contributed by atoms with Crippen LogP contribution in [0.3, 0.4) is 0 Å². The van der Waals surface area contributed by atoms with E-state index in [4.69, 9.17) is 0 Å². The Kier molecular flexibility index (Phi) is 1.61. The first-order valence-corrected chi connectivity index (χ1v) is 4.14. The summed E-state index contributed by atoms with van der Waals surface area (Å²) in [5.41, 5.74) is 0.958. The monoisotopic (exact) mass is 229 g/mol. The molecule has 0 saturated heterocycles. The lowest BCUT2D eigenvalue weighted by Gasteiger charge is -1.98. The van der Waals surface area contributed by atoms with Crippen molar-refractivity contribution in [3.05, 3.63) is 22.2 Å². The topological polar surface area (TPSA) is 41.6 Å². The van der Waals surface area contributed by atoms with E-state index in [2.05, 4.69) is 31.1 Å². The molecule has 2 rings (SSSR count). The second-order valence-electron chi connectivity index (χ2n) is 2.46. The first-order chi connectivity index (χ1) is 5.70. The highest BCUT2D eigenvalue weighted by molar-refractivity contribution is 9.10. The highest BCUT2D eigenvalue weighted by Crippen LogP contribution is 2.25. The van der Waals surface area contributed by atoms with Crippen LogP contribution in [0.4, 0.5) is 4.39 Å². The molecule has 0 aliphatic carbocycles. The Morgan fingerprint density at radius 3 is 3.08 bits per heavy atom. The summed E-state index contributed by atoms with van der Waals surface area (Å²) in [6, 6.07) is 0. The number of fused-ring (bicyclic) bond motifs is 1. The van der Waals surface area contributed by atoms with Crippen LogP contribution in [-0.4, -0.2) is 15.2 Å². The molecule has 0 aliphatic rings. The van der Waals surface area contributed by atoms with Gasteiger partial charge in [0.05, 0.1) is 21.7 Å². The molecule has 5 heteroatoms. The minimum absolute atomic E-state index is 0.330. The van der Waals surface area contributed by atoms with Crippen LogP contribution in [0.1, 0.15) is 5.69 Å². The minimum atomic E-state index is -0.330. The number of aryl methyl sites for hydroxylation is 1. The maximum atomic E-state index is 13.2. The lowest BCUT2D eigenvalue weighted by atomic mass is 10.3. The fraction of sp³-hybridized carbons (Fsp3) is 0.143. The molecule has 0 aromatic carbocycles. The lowest BCUT2D eigenvalue weighted by Crippen LogP contribution is -1.90. The number of H-pyrrole nitrogens is 1. The zero-order valence-corrected chi connectivity index (χ0v) is 7.81. The van der Waals surface area contributed by atoms with Gasteiger partial charge < -0.3 is 0 Å². The van der Waals surface area contributed by atoms with Crippen LogP contribution in [-0.2, 0) is 0 Å². The van der Waals surface area contributed by atoms with Gasteiger partial charge in [0.25, 0.3) is 0 Å². The largest absolute Gasteiger partial charge is 0.261 e. The Morgan fingerprint density at radius 1 is 1.58 bits per heavy atom. The summed E-state index contributed by atoms with van der Waals surface area (Å²) in [5.74, 6) is -0.330. The van der Waals surface area contributed by atoms with E-state index in [1.54, 1.807) is 6.92 Å². The molecule has 1 N–H and O–H groups in total. The van der Waals surface area contributed by atoms with E-state index in [0.717, 1.165) is 0 Å². The van der Waals surface area contributed by atoms with Crippen molar-refractivity contribution in [1.29, 1.82) is 0 Å². The summed E-state index contributed by atoms with van der Waals surface area (Å²) in [5, 5.41) is 7.10. The molecule has 0 radical (unpaired) electrons. The van der Waals surface area contributed by atoms with Crippen molar-refractivity contribution in [2.75, 3.05) is 0 Å². The summed E-state index contributed by atoms with van der Waals surface area (Å²) in [4.78, 5) is 3.97. The van der Waals surface area contributed by atoms with E-state index < -0.39 is 0 Å². The van der Waals surface area contributed by atoms with Crippen LogP contribution in [0, 0.1) is 12.7 Å². The van der Waals surface area contributed by atoms with E-state index in [9.17, 15) is 4.39 Å². The molecule has 0 atom stereocenters. The maximum Gasteiger partial charge on any atom is 0.159 e. The van der Waals surface area contributed by atoms with E-state index in [0.29, 0.717) is 21.2 Å². The molecule has 0 unspecified atom stereocenters. The number of nitrogens with zero attached hydrogens (tertiary/aromatic N) is 2. The van der Waals surface area contributed by atoms with Gasteiger partial charge in [-0.15, -0.1) is 0 Å². The van der Waals surface area contributed by atoms with E-state index in [-0.39, 0.29) is 5.82 Å². The molecule has 2 aromatic rings.